The van der Waals surface area contributed by atoms with Gasteiger partial charge in [-0.1, -0.05) is 60.7 Å². The van der Waals surface area contributed by atoms with Gasteiger partial charge in [0.05, 0.1) is 6.67 Å². The molecule has 4 rings (SSSR count). The lowest BCUT2D eigenvalue weighted by Crippen LogP contribution is -2.58. The molecule has 1 heterocycles. The van der Waals surface area contributed by atoms with E-state index in [0.717, 1.165) is 22.5 Å². The van der Waals surface area contributed by atoms with Crippen LogP contribution < -0.4 is 9.80 Å². The molecule has 3 aromatic carbocycles. The number of hydrogen-bond donors (Lipinski definition) is 0. The number of urea groups is 1. The average Bonchev–Trinajstić information content (AvgIpc) is 2.71. The zero-order valence-electron chi connectivity index (χ0n) is 15.5. The summed E-state index contributed by atoms with van der Waals surface area (Å²) in [6, 6.07) is 28.5. The van der Waals surface area contributed by atoms with Crippen molar-refractivity contribution in [1.82, 2.24) is 4.90 Å². The van der Waals surface area contributed by atoms with Crippen molar-refractivity contribution >= 4 is 17.4 Å². The molecule has 1 aliphatic rings. The number of benzene rings is 3. The van der Waals surface area contributed by atoms with Crippen molar-refractivity contribution in [1.29, 1.82) is 0 Å². The molecule has 1 aliphatic heterocycles. The maximum atomic E-state index is 13.2. The Kier molecular flexibility index (Phi) is 4.79. The summed E-state index contributed by atoms with van der Waals surface area (Å²) in [4.78, 5) is 19.2. The van der Waals surface area contributed by atoms with Crippen molar-refractivity contribution in [3.05, 3.63) is 96.1 Å². The highest BCUT2D eigenvalue weighted by atomic mass is 16.2. The van der Waals surface area contributed by atoms with Crippen LogP contribution in [-0.2, 0) is 6.54 Å². The Labute approximate surface area is 160 Å². The number of anilines is 2. The van der Waals surface area contributed by atoms with E-state index in [4.69, 9.17) is 0 Å². The average molecular weight is 357 g/mol. The van der Waals surface area contributed by atoms with Crippen molar-refractivity contribution in [2.24, 2.45) is 0 Å². The SMILES string of the molecule is Cc1cccc(N2CN(c3ccccc3)CN(Cc3ccccc3)C2=O)c1. The summed E-state index contributed by atoms with van der Waals surface area (Å²) in [6.07, 6.45) is 0. The molecule has 0 aromatic heterocycles. The van der Waals surface area contributed by atoms with Gasteiger partial charge in [-0.25, -0.2) is 4.79 Å². The molecule has 0 radical (unpaired) electrons. The van der Waals surface area contributed by atoms with Gasteiger partial charge in [-0.2, -0.15) is 0 Å². The summed E-state index contributed by atoms with van der Waals surface area (Å²) in [7, 11) is 0. The van der Waals surface area contributed by atoms with Crippen molar-refractivity contribution in [3.8, 4) is 0 Å². The molecule has 0 unspecified atom stereocenters. The zero-order chi connectivity index (χ0) is 18.6. The minimum Gasteiger partial charge on any atom is -0.335 e. The molecule has 0 saturated carbocycles. The number of nitrogens with zero attached hydrogens (tertiary/aromatic N) is 3. The highest BCUT2D eigenvalue weighted by molar-refractivity contribution is 5.93. The number of carbonyl (C=O) groups is 1. The first-order valence-electron chi connectivity index (χ1n) is 9.18. The Bertz CT molecular complexity index is 911. The molecule has 0 atom stereocenters. The smallest absolute Gasteiger partial charge is 0.327 e. The van der Waals surface area contributed by atoms with Gasteiger partial charge in [-0.05, 0) is 42.3 Å². The molecule has 0 spiro atoms. The summed E-state index contributed by atoms with van der Waals surface area (Å²) in [5.74, 6) is 0. The monoisotopic (exact) mass is 357 g/mol. The number of aryl methyl sites for hydroxylation is 1. The van der Waals surface area contributed by atoms with Crippen LogP contribution in [0.5, 0.6) is 0 Å². The second kappa shape index (κ2) is 7.54. The third kappa shape index (κ3) is 3.80. The first-order chi connectivity index (χ1) is 13.2. The van der Waals surface area contributed by atoms with Crippen LogP contribution in [0.1, 0.15) is 11.1 Å². The lowest BCUT2D eigenvalue weighted by molar-refractivity contribution is 0.193. The predicted octanol–water partition coefficient (Wildman–Crippen LogP) is 4.86. The second-order valence-electron chi connectivity index (χ2n) is 6.89. The quantitative estimate of drug-likeness (QED) is 0.667. The van der Waals surface area contributed by atoms with Crippen LogP contribution in [0.25, 0.3) is 0 Å². The summed E-state index contributed by atoms with van der Waals surface area (Å²) in [6.45, 7) is 3.75. The maximum absolute atomic E-state index is 13.2. The molecule has 3 aromatic rings. The van der Waals surface area contributed by atoms with Crippen LogP contribution in [0.4, 0.5) is 16.2 Å². The molecule has 0 bridgehead atoms. The minimum atomic E-state index is 0.0386. The topological polar surface area (TPSA) is 26.8 Å². The van der Waals surface area contributed by atoms with E-state index < -0.39 is 0 Å². The van der Waals surface area contributed by atoms with Crippen molar-refractivity contribution in [3.63, 3.8) is 0 Å². The van der Waals surface area contributed by atoms with Gasteiger partial charge in [0.2, 0.25) is 0 Å². The number of amides is 2. The minimum absolute atomic E-state index is 0.0386. The van der Waals surface area contributed by atoms with E-state index in [1.54, 1.807) is 0 Å². The lowest BCUT2D eigenvalue weighted by atomic mass is 10.2. The molecule has 2 amide bonds. The van der Waals surface area contributed by atoms with Gasteiger partial charge in [0, 0.05) is 17.9 Å². The molecular formula is C23H23N3O. The summed E-state index contributed by atoms with van der Waals surface area (Å²) in [5, 5.41) is 0. The van der Waals surface area contributed by atoms with E-state index in [2.05, 4.69) is 48.2 Å². The van der Waals surface area contributed by atoms with Crippen LogP contribution in [0, 0.1) is 6.92 Å². The summed E-state index contributed by atoms with van der Waals surface area (Å²) >= 11 is 0. The van der Waals surface area contributed by atoms with E-state index in [0.29, 0.717) is 19.9 Å². The fourth-order valence-electron chi connectivity index (χ4n) is 3.42. The number of hydrogen-bond acceptors (Lipinski definition) is 2. The largest absolute Gasteiger partial charge is 0.335 e. The molecular weight excluding hydrogens is 334 g/mol. The van der Waals surface area contributed by atoms with Crippen molar-refractivity contribution < 1.29 is 4.79 Å². The Hall–Kier alpha value is -3.27. The molecule has 0 aliphatic carbocycles. The lowest BCUT2D eigenvalue weighted by Gasteiger charge is -2.43. The molecule has 1 fully saturated rings. The third-order valence-corrected chi connectivity index (χ3v) is 4.81. The van der Waals surface area contributed by atoms with E-state index >= 15 is 0 Å². The van der Waals surface area contributed by atoms with Crippen LogP contribution in [-0.4, -0.2) is 24.3 Å². The van der Waals surface area contributed by atoms with Crippen LogP contribution in [0.3, 0.4) is 0 Å². The third-order valence-electron chi connectivity index (χ3n) is 4.81. The fraction of sp³-hybridized carbons (Fsp3) is 0.174. The van der Waals surface area contributed by atoms with Gasteiger partial charge in [-0.15, -0.1) is 0 Å². The molecule has 4 heteroatoms. The van der Waals surface area contributed by atoms with E-state index in [1.807, 2.05) is 58.3 Å². The van der Waals surface area contributed by atoms with Gasteiger partial charge < -0.3 is 9.80 Å². The number of rotatable bonds is 4. The fourth-order valence-corrected chi connectivity index (χ4v) is 3.42. The molecule has 4 nitrogen and oxygen atoms in total. The van der Waals surface area contributed by atoms with Gasteiger partial charge in [0.25, 0.3) is 0 Å². The zero-order valence-corrected chi connectivity index (χ0v) is 15.5. The summed E-state index contributed by atoms with van der Waals surface area (Å²) < 4.78 is 0. The van der Waals surface area contributed by atoms with Gasteiger partial charge in [0.1, 0.15) is 6.67 Å². The van der Waals surface area contributed by atoms with E-state index in [-0.39, 0.29) is 6.03 Å². The molecule has 136 valence electrons. The highest BCUT2D eigenvalue weighted by Crippen LogP contribution is 2.26. The Balaban J connectivity index is 1.66. The molecule has 0 N–H and O–H groups in total. The number of para-hydroxylation sites is 1. The van der Waals surface area contributed by atoms with Gasteiger partial charge >= 0.3 is 6.03 Å². The first kappa shape index (κ1) is 17.2. The second-order valence-corrected chi connectivity index (χ2v) is 6.89. The van der Waals surface area contributed by atoms with Crippen LogP contribution in [0.15, 0.2) is 84.9 Å². The first-order valence-corrected chi connectivity index (χ1v) is 9.18. The molecule has 1 saturated heterocycles. The van der Waals surface area contributed by atoms with E-state index in [1.165, 1.54) is 0 Å². The van der Waals surface area contributed by atoms with Crippen LogP contribution >= 0.6 is 0 Å². The normalized spacial score (nSPS) is 14.6. The van der Waals surface area contributed by atoms with Gasteiger partial charge in [0.15, 0.2) is 0 Å². The van der Waals surface area contributed by atoms with Crippen LogP contribution in [0.2, 0.25) is 0 Å². The highest BCUT2D eigenvalue weighted by Gasteiger charge is 2.31. The predicted molar refractivity (Wildman–Crippen MR) is 110 cm³/mol. The Morgan fingerprint density at radius 2 is 1.44 bits per heavy atom. The Morgan fingerprint density at radius 1 is 0.778 bits per heavy atom. The standard InChI is InChI=1S/C23H23N3O/c1-19-9-8-14-22(15-19)26-18-25(21-12-6-3-7-13-21)17-24(23(26)27)16-20-10-4-2-5-11-20/h2-15H,16-18H2,1H3. The maximum Gasteiger partial charge on any atom is 0.327 e. The number of carbonyl (C=O) groups excluding carboxylic acids is 1. The van der Waals surface area contributed by atoms with Crippen molar-refractivity contribution in [2.45, 2.75) is 13.5 Å². The van der Waals surface area contributed by atoms with E-state index in [9.17, 15) is 4.79 Å². The summed E-state index contributed by atoms with van der Waals surface area (Å²) in [5.41, 5.74) is 4.32. The Morgan fingerprint density at radius 3 is 2.15 bits per heavy atom. The molecule has 27 heavy (non-hydrogen) atoms. The van der Waals surface area contributed by atoms with Crippen molar-refractivity contribution in [2.75, 3.05) is 23.1 Å². The van der Waals surface area contributed by atoms with Gasteiger partial charge in [-0.3, -0.25) is 4.90 Å².